The molecule has 0 aromatic heterocycles. The first-order valence-electron chi connectivity index (χ1n) is 5.14. The molecule has 1 N–H and O–H groups in total. The van der Waals surface area contributed by atoms with E-state index in [9.17, 15) is 4.79 Å². The maximum absolute atomic E-state index is 12.0. The molecule has 0 fully saturated rings. The van der Waals surface area contributed by atoms with Crippen LogP contribution in [0.3, 0.4) is 0 Å². The number of benzene rings is 1. The van der Waals surface area contributed by atoms with Crippen molar-refractivity contribution in [1.29, 1.82) is 0 Å². The monoisotopic (exact) mass is 280 g/mol. The average Bonchev–Trinajstić information content (AvgIpc) is 2.23. The van der Waals surface area contributed by atoms with Crippen molar-refractivity contribution in [2.75, 3.05) is 0 Å². The Labute approximate surface area is 103 Å². The maximum atomic E-state index is 12.0. The lowest BCUT2D eigenvalue weighted by molar-refractivity contribution is 0.101. The topological polar surface area (TPSA) is 37.3 Å². The summed E-state index contributed by atoms with van der Waals surface area (Å²) in [6.45, 7) is 4.16. The van der Waals surface area contributed by atoms with E-state index in [1.807, 2.05) is 18.2 Å². The lowest BCUT2D eigenvalue weighted by Gasteiger charge is -2.32. The molecule has 3 heteroatoms. The molecule has 84 valence electrons. The number of halogens is 1. The van der Waals surface area contributed by atoms with Crippen molar-refractivity contribution in [2.45, 2.75) is 25.7 Å². The number of hydrogen-bond donors (Lipinski definition) is 1. The van der Waals surface area contributed by atoms with Gasteiger partial charge in [0.25, 0.3) is 0 Å². The Kier molecular flexibility index (Phi) is 2.66. The fraction of sp³-hybridized carbons (Fsp3) is 0.308. The van der Waals surface area contributed by atoms with Crippen molar-refractivity contribution in [3.05, 3.63) is 45.6 Å². The van der Waals surface area contributed by atoms with Crippen LogP contribution in [0, 0.1) is 0 Å². The molecule has 1 aliphatic rings. The van der Waals surface area contributed by atoms with Crippen molar-refractivity contribution in [2.24, 2.45) is 0 Å². The normalized spacial score (nSPS) is 20.9. The van der Waals surface area contributed by atoms with Crippen molar-refractivity contribution >= 4 is 21.7 Å². The molecule has 16 heavy (non-hydrogen) atoms. The minimum Gasteiger partial charge on any atom is -0.515 e. The minimum atomic E-state index is -0.113. The van der Waals surface area contributed by atoms with E-state index >= 15 is 0 Å². The molecule has 0 amide bonds. The summed E-state index contributed by atoms with van der Waals surface area (Å²) in [6, 6.07) is 5.75. The maximum Gasteiger partial charge on any atom is 0.192 e. The van der Waals surface area contributed by atoms with Crippen LogP contribution in [-0.4, -0.2) is 10.9 Å². The molecular formula is C13H13BrO2. The summed E-state index contributed by atoms with van der Waals surface area (Å²) in [4.78, 5) is 12.0. The molecule has 0 unspecified atom stereocenters. The number of allylic oxidation sites excluding steroid dienone is 1. The van der Waals surface area contributed by atoms with Gasteiger partial charge in [-0.2, -0.15) is 0 Å². The first-order chi connectivity index (χ1) is 7.45. The molecule has 2 rings (SSSR count). The van der Waals surface area contributed by atoms with Crippen LogP contribution in [0.2, 0.25) is 0 Å². The number of rotatable bonds is 0. The number of carbonyl (C=O) groups is 1. The van der Waals surface area contributed by atoms with E-state index in [-0.39, 0.29) is 11.2 Å². The Balaban J connectivity index is 2.68. The first kappa shape index (κ1) is 11.4. The fourth-order valence-electron chi connectivity index (χ4n) is 2.22. The molecule has 0 atom stereocenters. The molecular weight excluding hydrogens is 268 g/mol. The molecule has 1 aromatic rings. The number of hydrogen-bond acceptors (Lipinski definition) is 2. The van der Waals surface area contributed by atoms with E-state index in [2.05, 4.69) is 29.8 Å². The fourth-order valence-corrected chi connectivity index (χ4v) is 2.58. The second-order valence-electron chi connectivity index (χ2n) is 4.73. The summed E-state index contributed by atoms with van der Waals surface area (Å²) in [5, 5.41) is 9.09. The minimum absolute atomic E-state index is 0.0712. The Morgan fingerprint density at radius 2 is 2.12 bits per heavy atom. The van der Waals surface area contributed by atoms with Crippen LogP contribution in [0.15, 0.2) is 34.5 Å². The summed E-state index contributed by atoms with van der Waals surface area (Å²) < 4.78 is 0.884. The smallest absolute Gasteiger partial charge is 0.192 e. The van der Waals surface area contributed by atoms with Crippen LogP contribution in [0.5, 0.6) is 0 Å². The van der Waals surface area contributed by atoms with E-state index in [4.69, 9.17) is 5.11 Å². The third kappa shape index (κ3) is 1.69. The highest BCUT2D eigenvalue weighted by Gasteiger charge is 2.34. The van der Waals surface area contributed by atoms with Crippen LogP contribution in [0.4, 0.5) is 0 Å². The molecule has 0 bridgehead atoms. The number of carbonyl (C=O) groups excluding carboxylic acids is 1. The van der Waals surface area contributed by atoms with Gasteiger partial charge in [0.15, 0.2) is 5.78 Å². The summed E-state index contributed by atoms with van der Waals surface area (Å²) in [7, 11) is 0. The molecule has 1 aliphatic carbocycles. The molecule has 0 aliphatic heterocycles. The number of fused-ring (bicyclic) bond motifs is 1. The van der Waals surface area contributed by atoms with E-state index < -0.39 is 0 Å². The Hall–Kier alpha value is -1.09. The van der Waals surface area contributed by atoms with E-state index in [0.717, 1.165) is 16.3 Å². The lowest BCUT2D eigenvalue weighted by Crippen LogP contribution is -2.29. The quantitative estimate of drug-likeness (QED) is 0.580. The van der Waals surface area contributed by atoms with Gasteiger partial charge in [-0.1, -0.05) is 35.8 Å². The highest BCUT2D eigenvalue weighted by molar-refractivity contribution is 9.10. The predicted molar refractivity (Wildman–Crippen MR) is 66.8 cm³/mol. The third-order valence-electron chi connectivity index (χ3n) is 3.04. The Morgan fingerprint density at radius 1 is 1.44 bits per heavy atom. The summed E-state index contributed by atoms with van der Waals surface area (Å²) in [5.41, 5.74) is 2.10. The second-order valence-corrected chi connectivity index (χ2v) is 5.65. The van der Waals surface area contributed by atoms with Gasteiger partial charge in [-0.3, -0.25) is 4.79 Å². The van der Waals surface area contributed by atoms with Crippen LogP contribution in [-0.2, 0) is 5.41 Å². The van der Waals surface area contributed by atoms with Crippen LogP contribution in [0.1, 0.15) is 36.2 Å². The van der Waals surface area contributed by atoms with Gasteiger partial charge in [0.05, 0.1) is 6.26 Å². The summed E-state index contributed by atoms with van der Waals surface area (Å²) in [5.74, 6) is -0.0712. The van der Waals surface area contributed by atoms with Gasteiger partial charge in [0.2, 0.25) is 0 Å². The SMILES string of the molecule is CC1(C)C/C(=C/O)C(=O)c2cc(Br)ccc21. The third-order valence-corrected chi connectivity index (χ3v) is 3.53. The number of aliphatic hydroxyl groups is 1. The zero-order chi connectivity index (χ0) is 11.9. The first-order valence-corrected chi connectivity index (χ1v) is 5.93. The Bertz CT molecular complexity index is 487. The van der Waals surface area contributed by atoms with E-state index in [1.165, 1.54) is 0 Å². The van der Waals surface area contributed by atoms with Crippen LogP contribution < -0.4 is 0 Å². The van der Waals surface area contributed by atoms with Gasteiger partial charge >= 0.3 is 0 Å². The van der Waals surface area contributed by atoms with Gasteiger partial charge < -0.3 is 5.11 Å². The molecule has 0 radical (unpaired) electrons. The number of Topliss-reactive ketones (excluding diaryl/α,β-unsaturated/α-hetero) is 1. The predicted octanol–water partition coefficient (Wildman–Crippen LogP) is 3.76. The standard InChI is InChI=1S/C13H13BrO2/c1-13(2)6-8(7-15)12(16)10-5-9(14)3-4-11(10)13/h3-5,7,15H,6H2,1-2H3/b8-7-. The summed E-state index contributed by atoms with van der Waals surface area (Å²) >= 11 is 3.36. The van der Waals surface area contributed by atoms with Crippen molar-refractivity contribution in [3.63, 3.8) is 0 Å². The zero-order valence-corrected chi connectivity index (χ0v) is 10.8. The van der Waals surface area contributed by atoms with Gasteiger partial charge in [-0.25, -0.2) is 0 Å². The zero-order valence-electron chi connectivity index (χ0n) is 9.25. The lowest BCUT2D eigenvalue weighted by atomic mass is 9.70. The molecule has 0 spiro atoms. The molecule has 2 nitrogen and oxygen atoms in total. The highest BCUT2D eigenvalue weighted by Crippen LogP contribution is 2.39. The molecule has 0 heterocycles. The van der Waals surface area contributed by atoms with Gasteiger partial charge in [0, 0.05) is 15.6 Å². The molecule has 0 saturated heterocycles. The van der Waals surface area contributed by atoms with Gasteiger partial charge in [-0.15, -0.1) is 0 Å². The van der Waals surface area contributed by atoms with Crippen LogP contribution >= 0.6 is 15.9 Å². The van der Waals surface area contributed by atoms with Crippen molar-refractivity contribution < 1.29 is 9.90 Å². The Morgan fingerprint density at radius 3 is 2.75 bits per heavy atom. The van der Waals surface area contributed by atoms with Crippen molar-refractivity contribution in [1.82, 2.24) is 0 Å². The second kappa shape index (κ2) is 3.74. The number of ketones is 1. The number of aliphatic hydroxyl groups excluding tert-OH is 1. The highest BCUT2D eigenvalue weighted by atomic mass is 79.9. The molecule has 0 saturated carbocycles. The largest absolute Gasteiger partial charge is 0.515 e. The summed E-state index contributed by atoms with van der Waals surface area (Å²) in [6.07, 6.45) is 1.52. The van der Waals surface area contributed by atoms with E-state index in [0.29, 0.717) is 17.6 Å². The van der Waals surface area contributed by atoms with Gasteiger partial charge in [-0.05, 0) is 29.5 Å². The molecule has 1 aromatic carbocycles. The van der Waals surface area contributed by atoms with E-state index in [1.54, 1.807) is 0 Å². The van der Waals surface area contributed by atoms with Gasteiger partial charge in [0.1, 0.15) is 0 Å². The average molecular weight is 281 g/mol. The van der Waals surface area contributed by atoms with Crippen molar-refractivity contribution in [3.8, 4) is 0 Å². The van der Waals surface area contributed by atoms with Crippen LogP contribution in [0.25, 0.3) is 0 Å².